The van der Waals surface area contributed by atoms with Gasteiger partial charge in [0.05, 0.1) is 22.1 Å². The predicted molar refractivity (Wildman–Crippen MR) is 119 cm³/mol. The number of phenolic OH excluding ortho intramolecular Hbond substituents is 1. The number of hydrogen-bond donors (Lipinski definition) is 2. The molecule has 3 rings (SSSR count). The van der Waals surface area contributed by atoms with Crippen molar-refractivity contribution < 1.29 is 14.6 Å². The van der Waals surface area contributed by atoms with Crippen LogP contribution in [-0.2, 0) is 4.79 Å². The molecule has 3 aromatic rings. The highest BCUT2D eigenvalue weighted by molar-refractivity contribution is 14.1. The summed E-state index contributed by atoms with van der Waals surface area (Å²) in [5, 5.41) is 25.5. The summed E-state index contributed by atoms with van der Waals surface area (Å²) in [5.74, 6) is 0.795. The SMILES string of the molecule is CCOc1cc(/C=N\NC(=O)CSn2nnnc2-c2ccccc2)cc(I)c1O. The minimum absolute atomic E-state index is 0.0829. The monoisotopic (exact) mass is 524 g/mol. The van der Waals surface area contributed by atoms with Gasteiger partial charge in [-0.25, -0.2) is 5.43 Å². The fourth-order valence-corrected chi connectivity index (χ4v) is 3.56. The zero-order chi connectivity index (χ0) is 20.6. The number of benzene rings is 2. The van der Waals surface area contributed by atoms with Crippen LogP contribution in [0.4, 0.5) is 0 Å². The van der Waals surface area contributed by atoms with Crippen molar-refractivity contribution in [2.75, 3.05) is 12.4 Å². The Hall–Kier alpha value is -2.67. The van der Waals surface area contributed by atoms with Crippen molar-refractivity contribution in [3.63, 3.8) is 0 Å². The van der Waals surface area contributed by atoms with Crippen molar-refractivity contribution >= 4 is 46.7 Å². The molecule has 0 aliphatic carbocycles. The summed E-state index contributed by atoms with van der Waals surface area (Å²) < 4.78 is 7.51. The van der Waals surface area contributed by atoms with Gasteiger partial charge in [0.15, 0.2) is 17.3 Å². The Labute approximate surface area is 184 Å². The number of carbonyl (C=O) groups is 1. The van der Waals surface area contributed by atoms with E-state index in [1.807, 2.05) is 59.8 Å². The normalized spacial score (nSPS) is 11.0. The number of phenols is 1. The number of rotatable bonds is 8. The van der Waals surface area contributed by atoms with Crippen molar-refractivity contribution in [2.45, 2.75) is 6.92 Å². The van der Waals surface area contributed by atoms with E-state index in [0.29, 0.717) is 27.3 Å². The van der Waals surface area contributed by atoms with Crippen LogP contribution in [0.3, 0.4) is 0 Å². The minimum Gasteiger partial charge on any atom is -0.504 e. The van der Waals surface area contributed by atoms with Gasteiger partial charge in [-0.3, -0.25) is 4.79 Å². The quantitative estimate of drug-likeness (QED) is 0.265. The molecule has 0 aliphatic rings. The molecule has 0 spiro atoms. The summed E-state index contributed by atoms with van der Waals surface area (Å²) in [5.41, 5.74) is 4.01. The van der Waals surface area contributed by atoms with Gasteiger partial charge in [0.1, 0.15) is 0 Å². The first-order chi connectivity index (χ1) is 14.1. The number of hydrogen-bond acceptors (Lipinski definition) is 8. The lowest BCUT2D eigenvalue weighted by atomic mass is 10.2. The topological polar surface area (TPSA) is 115 Å². The maximum absolute atomic E-state index is 12.1. The van der Waals surface area contributed by atoms with Gasteiger partial charge < -0.3 is 9.84 Å². The first-order valence-corrected chi connectivity index (χ1v) is 10.5. The number of ether oxygens (including phenoxy) is 1. The average Bonchev–Trinajstić information content (AvgIpc) is 3.19. The predicted octanol–water partition coefficient (Wildman–Crippen LogP) is 2.70. The summed E-state index contributed by atoms with van der Waals surface area (Å²) >= 11 is 3.16. The van der Waals surface area contributed by atoms with E-state index >= 15 is 0 Å². The zero-order valence-electron chi connectivity index (χ0n) is 15.3. The molecule has 1 aromatic heterocycles. The molecule has 0 saturated carbocycles. The Bertz CT molecular complexity index is 1010. The molecule has 0 atom stereocenters. The molecule has 29 heavy (non-hydrogen) atoms. The second-order valence-electron chi connectivity index (χ2n) is 5.59. The summed E-state index contributed by atoms with van der Waals surface area (Å²) in [6.45, 7) is 2.26. The highest BCUT2D eigenvalue weighted by Crippen LogP contribution is 2.32. The molecular formula is C18H17IN6O3S. The van der Waals surface area contributed by atoms with Crippen molar-refractivity contribution in [1.29, 1.82) is 0 Å². The van der Waals surface area contributed by atoms with Gasteiger partial charge in [-0.2, -0.15) is 9.19 Å². The highest BCUT2D eigenvalue weighted by atomic mass is 127. The van der Waals surface area contributed by atoms with Crippen LogP contribution in [0.25, 0.3) is 11.4 Å². The van der Waals surface area contributed by atoms with E-state index in [0.717, 1.165) is 17.5 Å². The average molecular weight is 524 g/mol. The number of nitrogens with zero attached hydrogens (tertiary/aromatic N) is 5. The molecule has 0 unspecified atom stereocenters. The molecule has 2 aromatic carbocycles. The standard InChI is InChI=1S/C18H17IN6O3S/c1-2-28-15-9-12(8-14(19)17(15)27)10-20-21-16(26)11-29-25-18(22-23-24-25)13-6-4-3-5-7-13/h3-10,27H,2,11H2,1H3,(H,21,26)/b20-10-. The van der Waals surface area contributed by atoms with E-state index in [1.54, 1.807) is 12.1 Å². The van der Waals surface area contributed by atoms with E-state index in [4.69, 9.17) is 4.74 Å². The molecule has 0 saturated heterocycles. The van der Waals surface area contributed by atoms with Gasteiger partial charge in [0.25, 0.3) is 5.91 Å². The van der Waals surface area contributed by atoms with Crippen LogP contribution in [0.2, 0.25) is 0 Å². The third kappa shape index (κ3) is 5.67. The lowest BCUT2D eigenvalue weighted by Crippen LogP contribution is -2.20. The number of hydrazone groups is 1. The molecule has 0 fully saturated rings. The maximum atomic E-state index is 12.1. The van der Waals surface area contributed by atoms with Crippen LogP contribution >= 0.6 is 34.5 Å². The number of amides is 1. The molecule has 1 amide bonds. The van der Waals surface area contributed by atoms with Gasteiger partial charge in [0, 0.05) is 5.56 Å². The summed E-state index contributed by atoms with van der Waals surface area (Å²) in [4.78, 5) is 12.1. The Balaban J connectivity index is 1.57. The van der Waals surface area contributed by atoms with Crippen LogP contribution in [0.1, 0.15) is 12.5 Å². The van der Waals surface area contributed by atoms with Gasteiger partial charge in [-0.15, -0.1) is 5.10 Å². The fourth-order valence-electron chi connectivity index (χ4n) is 2.29. The van der Waals surface area contributed by atoms with Crippen LogP contribution in [-0.4, -0.2) is 49.2 Å². The molecule has 150 valence electrons. The third-order valence-corrected chi connectivity index (χ3v) is 5.25. The van der Waals surface area contributed by atoms with Crippen molar-refractivity contribution in [3.05, 3.63) is 51.6 Å². The number of tetrazole rings is 1. The number of carbonyl (C=O) groups excluding carboxylic acids is 1. The number of aromatic hydroxyl groups is 1. The lowest BCUT2D eigenvalue weighted by molar-refractivity contribution is -0.118. The van der Waals surface area contributed by atoms with Crippen molar-refractivity contribution in [2.24, 2.45) is 5.10 Å². The largest absolute Gasteiger partial charge is 0.504 e. The van der Waals surface area contributed by atoms with Crippen LogP contribution < -0.4 is 10.2 Å². The van der Waals surface area contributed by atoms with Gasteiger partial charge in [0.2, 0.25) is 0 Å². The van der Waals surface area contributed by atoms with E-state index < -0.39 is 0 Å². The van der Waals surface area contributed by atoms with E-state index in [9.17, 15) is 9.90 Å². The summed E-state index contributed by atoms with van der Waals surface area (Å²) in [6.07, 6.45) is 1.49. The highest BCUT2D eigenvalue weighted by Gasteiger charge is 2.11. The smallest absolute Gasteiger partial charge is 0.251 e. The number of halogens is 1. The van der Waals surface area contributed by atoms with E-state index in [-0.39, 0.29) is 17.4 Å². The van der Waals surface area contributed by atoms with Crippen molar-refractivity contribution in [3.8, 4) is 22.9 Å². The molecule has 2 N–H and O–H groups in total. The van der Waals surface area contributed by atoms with Gasteiger partial charge >= 0.3 is 0 Å². The van der Waals surface area contributed by atoms with Crippen LogP contribution in [0.15, 0.2) is 47.6 Å². The molecule has 0 aliphatic heterocycles. The molecule has 11 heteroatoms. The Morgan fingerprint density at radius 3 is 2.93 bits per heavy atom. The van der Waals surface area contributed by atoms with Crippen LogP contribution in [0.5, 0.6) is 11.5 Å². The van der Waals surface area contributed by atoms with Crippen molar-refractivity contribution in [1.82, 2.24) is 25.0 Å². The molecule has 0 bridgehead atoms. The Kier molecular flexibility index (Phi) is 7.41. The Morgan fingerprint density at radius 1 is 1.38 bits per heavy atom. The molecule has 0 radical (unpaired) electrons. The molecule has 9 nitrogen and oxygen atoms in total. The van der Waals surface area contributed by atoms with Gasteiger partial charge in [-0.05, 0) is 69.6 Å². The number of nitrogens with one attached hydrogen (secondary N) is 1. The zero-order valence-corrected chi connectivity index (χ0v) is 18.3. The second kappa shape index (κ2) is 10.2. The lowest BCUT2D eigenvalue weighted by Gasteiger charge is -2.08. The van der Waals surface area contributed by atoms with E-state index in [2.05, 4.69) is 26.1 Å². The summed E-state index contributed by atoms with van der Waals surface area (Å²) in [6, 6.07) is 12.9. The molecule has 1 heterocycles. The second-order valence-corrected chi connectivity index (χ2v) is 7.65. The molecular weight excluding hydrogens is 507 g/mol. The van der Waals surface area contributed by atoms with Gasteiger partial charge in [-0.1, -0.05) is 30.3 Å². The minimum atomic E-state index is -0.306. The maximum Gasteiger partial charge on any atom is 0.251 e. The van der Waals surface area contributed by atoms with Crippen LogP contribution in [0, 0.1) is 3.57 Å². The first-order valence-electron chi connectivity index (χ1n) is 8.52. The van der Waals surface area contributed by atoms with E-state index in [1.165, 1.54) is 10.3 Å². The third-order valence-electron chi connectivity index (χ3n) is 3.55. The fraction of sp³-hybridized carbons (Fsp3) is 0.167. The first kappa shape index (κ1) is 21.0. The Morgan fingerprint density at radius 2 is 2.17 bits per heavy atom. The summed E-state index contributed by atoms with van der Waals surface area (Å²) in [7, 11) is 0. The number of aromatic nitrogens is 4.